The maximum absolute atomic E-state index is 11.5. The quantitative estimate of drug-likeness (QED) is 0.529. The molecule has 0 N–H and O–H groups in total. The van der Waals surface area contributed by atoms with Gasteiger partial charge in [0.1, 0.15) is 0 Å². The monoisotopic (exact) mass is 210 g/mol. The van der Waals surface area contributed by atoms with Crippen molar-refractivity contribution < 1.29 is 14.3 Å². The number of rotatable bonds is 3. The Morgan fingerprint density at radius 3 is 2.20 bits per heavy atom. The van der Waals surface area contributed by atoms with Gasteiger partial charge in [-0.15, -0.1) is 13.2 Å². The molecule has 3 heteroatoms. The summed E-state index contributed by atoms with van der Waals surface area (Å²) in [6, 6.07) is 0. The van der Waals surface area contributed by atoms with E-state index in [0.29, 0.717) is 0 Å². The summed E-state index contributed by atoms with van der Waals surface area (Å²) in [6.07, 6.45) is 2.20. The summed E-state index contributed by atoms with van der Waals surface area (Å²) in [4.78, 5) is 11.5. The van der Waals surface area contributed by atoms with Gasteiger partial charge >= 0.3 is 5.97 Å². The molecule has 1 aliphatic rings. The van der Waals surface area contributed by atoms with E-state index in [2.05, 4.69) is 13.2 Å². The smallest absolute Gasteiger partial charge is 0.338 e. The first-order valence-corrected chi connectivity index (χ1v) is 5.01. The molecule has 0 amide bonds. The van der Waals surface area contributed by atoms with Crippen molar-refractivity contribution in [2.45, 2.75) is 33.2 Å². The molecule has 0 aliphatic carbocycles. The lowest BCUT2D eigenvalue weighted by atomic mass is 9.96. The lowest BCUT2D eigenvalue weighted by Gasteiger charge is -2.24. The van der Waals surface area contributed by atoms with E-state index in [1.807, 2.05) is 20.8 Å². The lowest BCUT2D eigenvalue weighted by Crippen LogP contribution is -2.29. The molecular formula is C12H18O3. The molecule has 0 aromatic rings. The number of esters is 1. The van der Waals surface area contributed by atoms with Crippen molar-refractivity contribution in [1.82, 2.24) is 0 Å². The minimum absolute atomic E-state index is 0.190. The zero-order valence-electron chi connectivity index (χ0n) is 9.53. The van der Waals surface area contributed by atoms with Gasteiger partial charge in [0.05, 0.1) is 0 Å². The van der Waals surface area contributed by atoms with Gasteiger partial charge in [0.2, 0.25) is 6.29 Å². The standard InChI is InChI=1S/C12H18O3/c1-6-8(7-2)9-10(13)15-11(14-9)12(3,4)5/h6-9,11H,1-2H2,3-5H3/t9-,11+/m0/s1. The molecule has 2 atom stereocenters. The minimum Gasteiger partial charge on any atom is -0.433 e. The Morgan fingerprint density at radius 1 is 1.33 bits per heavy atom. The summed E-state index contributed by atoms with van der Waals surface area (Å²) >= 11 is 0. The van der Waals surface area contributed by atoms with Crippen LogP contribution in [-0.4, -0.2) is 18.4 Å². The second kappa shape index (κ2) is 4.19. The molecule has 0 spiro atoms. The molecular weight excluding hydrogens is 192 g/mol. The fourth-order valence-electron chi connectivity index (χ4n) is 1.36. The van der Waals surface area contributed by atoms with Gasteiger partial charge in [-0.1, -0.05) is 32.9 Å². The molecule has 15 heavy (non-hydrogen) atoms. The lowest BCUT2D eigenvalue weighted by molar-refractivity contribution is -0.154. The van der Waals surface area contributed by atoms with Gasteiger partial charge in [0, 0.05) is 11.3 Å². The van der Waals surface area contributed by atoms with Crippen LogP contribution < -0.4 is 0 Å². The molecule has 0 radical (unpaired) electrons. The van der Waals surface area contributed by atoms with Crippen molar-refractivity contribution in [2.75, 3.05) is 0 Å². The van der Waals surface area contributed by atoms with Crippen LogP contribution in [0.25, 0.3) is 0 Å². The van der Waals surface area contributed by atoms with Gasteiger partial charge in [-0.2, -0.15) is 0 Å². The Balaban J connectivity index is 2.76. The Labute approximate surface area is 90.8 Å². The van der Waals surface area contributed by atoms with Crippen molar-refractivity contribution in [3.05, 3.63) is 25.3 Å². The van der Waals surface area contributed by atoms with E-state index < -0.39 is 12.4 Å². The largest absolute Gasteiger partial charge is 0.433 e. The molecule has 0 aromatic heterocycles. The van der Waals surface area contributed by atoms with Crippen LogP contribution in [0.1, 0.15) is 20.8 Å². The molecule has 1 fully saturated rings. The number of cyclic esters (lactones) is 1. The molecule has 1 saturated heterocycles. The second-order valence-corrected chi connectivity index (χ2v) is 4.74. The van der Waals surface area contributed by atoms with E-state index in [0.717, 1.165) is 0 Å². The maximum atomic E-state index is 11.5. The van der Waals surface area contributed by atoms with Crippen LogP contribution in [0.3, 0.4) is 0 Å². The number of carbonyl (C=O) groups excluding carboxylic acids is 1. The highest BCUT2D eigenvalue weighted by atomic mass is 16.8. The fraction of sp³-hybridized carbons (Fsp3) is 0.583. The van der Waals surface area contributed by atoms with Crippen molar-refractivity contribution in [2.24, 2.45) is 11.3 Å². The number of ether oxygens (including phenoxy) is 2. The topological polar surface area (TPSA) is 35.5 Å². The molecule has 1 rings (SSSR count). The van der Waals surface area contributed by atoms with Gasteiger partial charge in [0.25, 0.3) is 0 Å². The summed E-state index contributed by atoms with van der Waals surface area (Å²) < 4.78 is 10.7. The van der Waals surface area contributed by atoms with E-state index in [1.54, 1.807) is 12.2 Å². The van der Waals surface area contributed by atoms with E-state index in [4.69, 9.17) is 9.47 Å². The third-order valence-electron chi connectivity index (χ3n) is 2.33. The first kappa shape index (κ1) is 12.0. The summed E-state index contributed by atoms with van der Waals surface area (Å²) in [5.41, 5.74) is -0.211. The molecule has 0 bridgehead atoms. The number of hydrogen-bond acceptors (Lipinski definition) is 3. The van der Waals surface area contributed by atoms with Crippen molar-refractivity contribution in [3.8, 4) is 0 Å². The number of hydrogen-bond donors (Lipinski definition) is 0. The Kier molecular flexibility index (Phi) is 3.35. The van der Waals surface area contributed by atoms with Crippen molar-refractivity contribution in [1.29, 1.82) is 0 Å². The summed E-state index contributed by atoms with van der Waals surface area (Å²) in [7, 11) is 0. The van der Waals surface area contributed by atoms with Crippen molar-refractivity contribution in [3.63, 3.8) is 0 Å². The highest BCUT2D eigenvalue weighted by Crippen LogP contribution is 2.32. The van der Waals surface area contributed by atoms with Gasteiger partial charge in [-0.25, -0.2) is 4.79 Å². The maximum Gasteiger partial charge on any atom is 0.338 e. The van der Waals surface area contributed by atoms with Crippen LogP contribution in [0.4, 0.5) is 0 Å². The summed E-state index contributed by atoms with van der Waals surface area (Å²) in [5, 5.41) is 0. The van der Waals surface area contributed by atoms with E-state index in [9.17, 15) is 4.79 Å². The molecule has 0 unspecified atom stereocenters. The van der Waals surface area contributed by atoms with Crippen LogP contribution >= 0.6 is 0 Å². The zero-order valence-corrected chi connectivity index (χ0v) is 9.53. The SMILES string of the molecule is C=CC(C=C)[C@@H]1O[C@@H](C(C)(C)C)OC1=O. The predicted octanol–water partition coefficient (Wildman–Crippen LogP) is 2.29. The molecule has 0 saturated carbocycles. The summed E-state index contributed by atoms with van der Waals surface area (Å²) in [6.45, 7) is 13.2. The average Bonchev–Trinajstić information content (AvgIpc) is 2.50. The Bertz CT molecular complexity index is 267. The Morgan fingerprint density at radius 2 is 1.87 bits per heavy atom. The molecule has 1 aliphatic heterocycles. The van der Waals surface area contributed by atoms with E-state index in [-0.39, 0.29) is 17.3 Å². The normalized spacial score (nSPS) is 26.5. The predicted molar refractivity (Wildman–Crippen MR) is 58.1 cm³/mol. The highest BCUT2D eigenvalue weighted by Gasteiger charge is 2.43. The van der Waals surface area contributed by atoms with Gasteiger partial charge in [0.15, 0.2) is 6.10 Å². The number of carbonyl (C=O) groups is 1. The molecule has 1 heterocycles. The first-order valence-electron chi connectivity index (χ1n) is 5.01. The summed E-state index contributed by atoms with van der Waals surface area (Å²) in [5.74, 6) is -0.524. The third kappa shape index (κ3) is 2.48. The van der Waals surface area contributed by atoms with Crippen molar-refractivity contribution >= 4 is 5.97 Å². The van der Waals surface area contributed by atoms with Gasteiger partial charge in [-0.3, -0.25) is 0 Å². The van der Waals surface area contributed by atoms with Gasteiger partial charge in [-0.05, 0) is 0 Å². The first-order chi connectivity index (χ1) is 6.90. The third-order valence-corrected chi connectivity index (χ3v) is 2.33. The minimum atomic E-state index is -0.593. The molecule has 84 valence electrons. The highest BCUT2D eigenvalue weighted by molar-refractivity contribution is 5.77. The van der Waals surface area contributed by atoms with Crippen LogP contribution in [0, 0.1) is 11.3 Å². The Hall–Kier alpha value is -1.09. The van der Waals surface area contributed by atoms with E-state index >= 15 is 0 Å². The average molecular weight is 210 g/mol. The van der Waals surface area contributed by atoms with Crippen LogP contribution in [0.5, 0.6) is 0 Å². The van der Waals surface area contributed by atoms with Gasteiger partial charge < -0.3 is 9.47 Å². The fourth-order valence-corrected chi connectivity index (χ4v) is 1.36. The second-order valence-electron chi connectivity index (χ2n) is 4.74. The molecule has 0 aromatic carbocycles. The van der Waals surface area contributed by atoms with Crippen LogP contribution in [-0.2, 0) is 14.3 Å². The van der Waals surface area contributed by atoms with Crippen LogP contribution in [0.2, 0.25) is 0 Å². The zero-order chi connectivity index (χ0) is 11.6. The molecule has 3 nitrogen and oxygen atoms in total. The van der Waals surface area contributed by atoms with Crippen LogP contribution in [0.15, 0.2) is 25.3 Å². The van der Waals surface area contributed by atoms with E-state index in [1.165, 1.54) is 0 Å².